The molecular formula is C10H17N5O12P2. The molecule has 0 radical (unpaired) electrons. The first-order chi connectivity index (χ1) is 13.4. The zero-order chi connectivity index (χ0) is 20.9. The van der Waals surface area contributed by atoms with Gasteiger partial charge in [0.15, 0.2) is 5.70 Å². The molecule has 5 aliphatic rings. The summed E-state index contributed by atoms with van der Waals surface area (Å²) in [6, 6.07) is 0. The third-order valence-electron chi connectivity index (χ3n) is 4.91. The third kappa shape index (κ3) is 3.03. The van der Waals surface area contributed by atoms with Crippen LogP contribution in [0.3, 0.4) is 0 Å². The average Bonchev–Trinajstić information content (AvgIpc) is 3.46. The average molecular weight is 461 g/mol. The van der Waals surface area contributed by atoms with Crippen LogP contribution in [0.25, 0.3) is 0 Å². The lowest BCUT2D eigenvalue weighted by Gasteiger charge is -2.30. The van der Waals surface area contributed by atoms with E-state index in [2.05, 4.69) is 14.2 Å². The fourth-order valence-corrected chi connectivity index (χ4v) is 5.28. The number of hydroxylamine groups is 4. The van der Waals surface area contributed by atoms with Crippen LogP contribution >= 0.6 is 15.6 Å². The van der Waals surface area contributed by atoms with Crippen molar-refractivity contribution in [3.05, 3.63) is 11.5 Å². The van der Waals surface area contributed by atoms with Gasteiger partial charge in [-0.25, -0.2) is 18.8 Å². The maximum atomic E-state index is 11.6. The van der Waals surface area contributed by atoms with Gasteiger partial charge >= 0.3 is 15.6 Å². The number of nitrogens with zero attached hydrogens (tertiary/aromatic N) is 3. The van der Waals surface area contributed by atoms with E-state index in [0.29, 0.717) is 11.5 Å². The first-order valence-electron chi connectivity index (χ1n) is 8.16. The monoisotopic (exact) mass is 461 g/mol. The molecule has 0 aromatic heterocycles. The van der Waals surface area contributed by atoms with Crippen molar-refractivity contribution in [3.63, 3.8) is 0 Å². The quantitative estimate of drug-likeness (QED) is 0.148. The fourth-order valence-electron chi connectivity index (χ4n) is 3.68. The van der Waals surface area contributed by atoms with Crippen molar-refractivity contribution < 1.29 is 57.3 Å². The van der Waals surface area contributed by atoms with Crippen molar-refractivity contribution in [2.45, 2.75) is 36.7 Å². The van der Waals surface area contributed by atoms with E-state index in [-0.39, 0.29) is 6.67 Å². The molecule has 5 heterocycles. The van der Waals surface area contributed by atoms with Crippen LogP contribution in [0.2, 0.25) is 0 Å². The van der Waals surface area contributed by atoms with Gasteiger partial charge in [0.25, 0.3) is 5.85 Å². The molecule has 29 heavy (non-hydrogen) atoms. The third-order valence-corrected chi connectivity index (χ3v) is 7.07. The van der Waals surface area contributed by atoms with Crippen molar-refractivity contribution in [2.24, 2.45) is 5.73 Å². The molecule has 0 aliphatic carbocycles. The molecule has 17 nitrogen and oxygen atoms in total. The van der Waals surface area contributed by atoms with Gasteiger partial charge in [-0.15, -0.1) is 5.06 Å². The Kier molecular flexibility index (Phi) is 4.21. The summed E-state index contributed by atoms with van der Waals surface area (Å²) in [4.78, 5) is 39.1. The number of aliphatic hydroxyl groups is 2. The van der Waals surface area contributed by atoms with Crippen molar-refractivity contribution in [3.8, 4) is 0 Å². The maximum absolute atomic E-state index is 11.6. The first kappa shape index (κ1) is 20.0. The van der Waals surface area contributed by atoms with E-state index in [1.54, 1.807) is 0 Å². The van der Waals surface area contributed by atoms with Gasteiger partial charge in [0.2, 0.25) is 6.35 Å². The number of nitrogens with two attached hydrogens (primary N) is 1. The molecule has 5 aliphatic heterocycles. The SMILES string of the molecule is NC1=C2N3O[C@@H]3N([C@@H]3O[C@H](COP(=O)(O)OP(=O)(O)O)[C@@H](O)[C@H]3O)[C@]23ON3CN1. The summed E-state index contributed by atoms with van der Waals surface area (Å²) in [5.41, 5.74) is 6.40. The second-order valence-corrected chi connectivity index (χ2v) is 9.55. The standard InChI is InChI=1S/C10H17N5O12P2/c11-7-6-10(13(26-10)2-12-7)14(9-15(6)25-9)8-5(17)4(16)3(24-8)1-23-29(21,22)27-28(18,19)20/h3-5,8-9,12,16-17H,1-2,11H2,(H,21,22)(H2,18,19,20)/t3-,4-,5-,8-,9-,10+,13?,15?/m1/s1. The van der Waals surface area contributed by atoms with Gasteiger partial charge in [0.05, 0.1) is 13.3 Å². The van der Waals surface area contributed by atoms with Crippen LogP contribution in [0.4, 0.5) is 0 Å². The van der Waals surface area contributed by atoms with Crippen molar-refractivity contribution >= 4 is 15.6 Å². The number of rotatable bonds is 6. The van der Waals surface area contributed by atoms with Crippen LogP contribution in [0, 0.1) is 0 Å². The molecule has 0 aromatic carbocycles. The number of phosphoric acid groups is 2. The summed E-state index contributed by atoms with van der Waals surface area (Å²) in [6.07, 6.45) is -6.30. The second-order valence-electron chi connectivity index (χ2n) is 6.72. The highest BCUT2D eigenvalue weighted by molar-refractivity contribution is 7.60. The Balaban J connectivity index is 1.31. The van der Waals surface area contributed by atoms with Crippen molar-refractivity contribution in [1.29, 1.82) is 0 Å². The first-order valence-corrected chi connectivity index (χ1v) is 11.2. The van der Waals surface area contributed by atoms with Gasteiger partial charge in [-0.3, -0.25) is 4.52 Å². The highest BCUT2D eigenvalue weighted by Gasteiger charge is 2.82. The minimum absolute atomic E-state index is 0.248. The number of fused-ring (bicyclic) bond motifs is 2. The zero-order valence-electron chi connectivity index (χ0n) is 14.2. The summed E-state index contributed by atoms with van der Waals surface area (Å²) < 4.78 is 36.0. The lowest BCUT2D eigenvalue weighted by Crippen LogP contribution is -2.55. The van der Waals surface area contributed by atoms with E-state index in [1.165, 1.54) is 15.0 Å². The number of hydrogen-bond acceptors (Lipinski definition) is 14. The lowest BCUT2D eigenvalue weighted by molar-refractivity contribution is -0.145. The summed E-state index contributed by atoms with van der Waals surface area (Å²) >= 11 is 0. The number of phosphoric ester groups is 1. The molecular weight excluding hydrogens is 444 g/mol. The molecule has 5 rings (SSSR count). The van der Waals surface area contributed by atoms with Gasteiger partial charge < -0.3 is 40.7 Å². The van der Waals surface area contributed by atoms with Crippen LogP contribution in [0.15, 0.2) is 11.5 Å². The molecule has 4 saturated heterocycles. The summed E-state index contributed by atoms with van der Waals surface area (Å²) in [5, 5.41) is 26.6. The Bertz CT molecular complexity index is 868. The minimum Gasteiger partial charge on any atom is -0.387 e. The Hall–Kier alpha value is -0.880. The molecule has 1 spiro atoms. The molecule has 0 amide bonds. The van der Waals surface area contributed by atoms with Gasteiger partial charge in [0.1, 0.15) is 30.4 Å². The fraction of sp³-hybridized carbons (Fsp3) is 0.800. The Morgan fingerprint density at radius 2 is 2.00 bits per heavy atom. The predicted octanol–water partition coefficient (Wildman–Crippen LogP) is -3.90. The van der Waals surface area contributed by atoms with E-state index >= 15 is 0 Å². The zero-order valence-corrected chi connectivity index (χ0v) is 16.0. The van der Waals surface area contributed by atoms with Crippen LogP contribution in [0.1, 0.15) is 0 Å². The van der Waals surface area contributed by atoms with Crippen LogP contribution in [-0.4, -0.2) is 89.9 Å². The minimum atomic E-state index is -5.30. The molecule has 164 valence electrons. The Morgan fingerprint density at radius 3 is 2.69 bits per heavy atom. The lowest BCUT2D eigenvalue weighted by atomic mass is 10.1. The number of aliphatic hydroxyl groups excluding tert-OH is 2. The summed E-state index contributed by atoms with van der Waals surface area (Å²) in [7, 11) is -10.4. The Morgan fingerprint density at radius 1 is 1.28 bits per heavy atom. The summed E-state index contributed by atoms with van der Waals surface area (Å²) in [6.45, 7) is -0.562. The number of ether oxygens (including phenoxy) is 1. The highest BCUT2D eigenvalue weighted by Crippen LogP contribution is 2.61. The van der Waals surface area contributed by atoms with E-state index in [9.17, 15) is 24.2 Å². The van der Waals surface area contributed by atoms with E-state index in [4.69, 9.17) is 29.9 Å². The largest absolute Gasteiger partial charge is 0.481 e. The molecule has 8 N–H and O–H groups in total. The number of nitrogens with one attached hydrogen (secondary N) is 1. The van der Waals surface area contributed by atoms with Crippen molar-refractivity contribution in [1.82, 2.24) is 20.3 Å². The number of hydrogen-bond donors (Lipinski definition) is 7. The van der Waals surface area contributed by atoms with Crippen LogP contribution in [0.5, 0.6) is 0 Å². The van der Waals surface area contributed by atoms with Crippen LogP contribution in [-0.2, 0) is 32.4 Å². The topological polar surface area (TPSA) is 235 Å². The summed E-state index contributed by atoms with van der Waals surface area (Å²) in [5.74, 6) is -0.859. The molecule has 2 unspecified atom stereocenters. The second kappa shape index (κ2) is 6.09. The van der Waals surface area contributed by atoms with E-state index in [1.807, 2.05) is 0 Å². The molecule has 0 aromatic rings. The smallest absolute Gasteiger partial charge is 0.387 e. The highest BCUT2D eigenvalue weighted by atomic mass is 31.3. The van der Waals surface area contributed by atoms with Gasteiger partial charge in [-0.1, -0.05) is 0 Å². The van der Waals surface area contributed by atoms with Gasteiger partial charge in [-0.2, -0.15) is 14.3 Å². The molecule has 0 bridgehead atoms. The van der Waals surface area contributed by atoms with E-state index < -0.39 is 59.0 Å². The molecule has 0 saturated carbocycles. The Labute approximate surface area is 161 Å². The van der Waals surface area contributed by atoms with Crippen LogP contribution < -0.4 is 11.1 Å². The molecule has 4 fully saturated rings. The van der Waals surface area contributed by atoms with Gasteiger partial charge in [0, 0.05) is 0 Å². The van der Waals surface area contributed by atoms with Gasteiger partial charge in [-0.05, 0) is 0 Å². The molecule has 19 heteroatoms. The predicted molar refractivity (Wildman–Crippen MR) is 83.0 cm³/mol. The normalized spacial score (nSPS) is 45.3. The van der Waals surface area contributed by atoms with E-state index in [0.717, 1.165) is 0 Å². The molecule has 8 atom stereocenters. The van der Waals surface area contributed by atoms with Crippen molar-refractivity contribution in [2.75, 3.05) is 13.3 Å². The maximum Gasteiger partial charge on any atom is 0.481 e.